The van der Waals surface area contributed by atoms with Gasteiger partial charge >= 0.3 is 0 Å². The predicted molar refractivity (Wildman–Crippen MR) is 74.7 cm³/mol. The SMILES string of the molecule is CC1(C)Cc2cccc(Oc3ncncc3Br)c2O1. The molecule has 0 aliphatic carbocycles. The molecule has 1 aliphatic rings. The summed E-state index contributed by atoms with van der Waals surface area (Å²) in [7, 11) is 0. The molecule has 0 saturated heterocycles. The number of rotatable bonds is 2. The largest absolute Gasteiger partial charge is 0.483 e. The Morgan fingerprint density at radius 1 is 1.37 bits per heavy atom. The van der Waals surface area contributed by atoms with E-state index in [-0.39, 0.29) is 5.60 Å². The van der Waals surface area contributed by atoms with Crippen LogP contribution in [-0.4, -0.2) is 15.6 Å². The zero-order valence-electron chi connectivity index (χ0n) is 10.7. The standard InChI is InChI=1S/C14H13BrN2O2/c1-14(2)6-9-4-3-5-11(12(9)19-14)18-13-10(15)7-16-8-17-13/h3-5,7-8H,6H2,1-2H3. The van der Waals surface area contributed by atoms with Crippen LogP contribution in [0.5, 0.6) is 17.4 Å². The molecule has 19 heavy (non-hydrogen) atoms. The van der Waals surface area contributed by atoms with Gasteiger partial charge in [0.05, 0.1) is 4.47 Å². The molecule has 1 aliphatic heterocycles. The molecule has 1 aromatic carbocycles. The molecule has 2 aromatic rings. The van der Waals surface area contributed by atoms with Crippen LogP contribution in [0.25, 0.3) is 0 Å². The lowest BCUT2D eigenvalue weighted by molar-refractivity contribution is 0.135. The summed E-state index contributed by atoms with van der Waals surface area (Å²) in [6.45, 7) is 4.13. The van der Waals surface area contributed by atoms with Crippen molar-refractivity contribution in [2.24, 2.45) is 0 Å². The molecule has 0 atom stereocenters. The summed E-state index contributed by atoms with van der Waals surface area (Å²) >= 11 is 3.37. The van der Waals surface area contributed by atoms with Crippen molar-refractivity contribution < 1.29 is 9.47 Å². The van der Waals surface area contributed by atoms with Crippen molar-refractivity contribution in [3.05, 3.63) is 40.8 Å². The van der Waals surface area contributed by atoms with Gasteiger partial charge in [0.15, 0.2) is 11.5 Å². The van der Waals surface area contributed by atoms with E-state index < -0.39 is 0 Å². The molecule has 0 radical (unpaired) electrons. The number of ether oxygens (including phenoxy) is 2. The first-order valence-corrected chi connectivity index (χ1v) is 6.79. The summed E-state index contributed by atoms with van der Waals surface area (Å²) in [6.07, 6.45) is 3.98. The fourth-order valence-corrected chi connectivity index (χ4v) is 2.45. The Labute approximate surface area is 119 Å². The van der Waals surface area contributed by atoms with Gasteiger partial charge in [0.2, 0.25) is 5.88 Å². The second-order valence-corrected chi connectivity index (χ2v) is 5.92. The molecule has 98 valence electrons. The number of hydrogen-bond acceptors (Lipinski definition) is 4. The van der Waals surface area contributed by atoms with Gasteiger partial charge in [-0.25, -0.2) is 9.97 Å². The van der Waals surface area contributed by atoms with Gasteiger partial charge in [0.1, 0.15) is 11.9 Å². The molecular formula is C14H13BrN2O2. The average Bonchev–Trinajstić information content (AvgIpc) is 2.67. The van der Waals surface area contributed by atoms with Crippen molar-refractivity contribution in [1.82, 2.24) is 9.97 Å². The number of nitrogens with zero attached hydrogens (tertiary/aromatic N) is 2. The van der Waals surface area contributed by atoms with Crippen molar-refractivity contribution in [1.29, 1.82) is 0 Å². The van der Waals surface area contributed by atoms with E-state index >= 15 is 0 Å². The first-order chi connectivity index (χ1) is 9.05. The van der Waals surface area contributed by atoms with Crippen LogP contribution in [0.2, 0.25) is 0 Å². The van der Waals surface area contributed by atoms with Crippen LogP contribution in [-0.2, 0) is 6.42 Å². The summed E-state index contributed by atoms with van der Waals surface area (Å²) in [5, 5.41) is 0. The third-order valence-electron chi connectivity index (χ3n) is 2.90. The minimum absolute atomic E-state index is 0.190. The van der Waals surface area contributed by atoms with Crippen molar-refractivity contribution in [2.45, 2.75) is 25.9 Å². The van der Waals surface area contributed by atoms with Crippen LogP contribution in [0.1, 0.15) is 19.4 Å². The van der Waals surface area contributed by atoms with Crippen LogP contribution in [0.3, 0.4) is 0 Å². The predicted octanol–water partition coefficient (Wildman–Crippen LogP) is 3.74. The molecule has 0 unspecified atom stereocenters. The maximum atomic E-state index is 5.95. The van der Waals surface area contributed by atoms with E-state index in [1.54, 1.807) is 6.20 Å². The van der Waals surface area contributed by atoms with E-state index in [2.05, 4.69) is 45.8 Å². The van der Waals surface area contributed by atoms with E-state index in [0.29, 0.717) is 16.1 Å². The van der Waals surface area contributed by atoms with Crippen LogP contribution < -0.4 is 9.47 Å². The molecule has 0 fully saturated rings. The fraction of sp³-hybridized carbons (Fsp3) is 0.286. The zero-order valence-corrected chi connectivity index (χ0v) is 12.3. The van der Waals surface area contributed by atoms with Gasteiger partial charge in [-0.15, -0.1) is 0 Å². The Morgan fingerprint density at radius 3 is 3.00 bits per heavy atom. The molecule has 1 aromatic heterocycles. The smallest absolute Gasteiger partial charge is 0.236 e. The lowest BCUT2D eigenvalue weighted by Gasteiger charge is -2.18. The average molecular weight is 321 g/mol. The molecule has 0 N–H and O–H groups in total. The van der Waals surface area contributed by atoms with Gasteiger partial charge in [-0.2, -0.15) is 0 Å². The molecule has 0 amide bonds. The maximum absolute atomic E-state index is 5.95. The number of halogens is 1. The normalized spacial score (nSPS) is 15.7. The van der Waals surface area contributed by atoms with Crippen molar-refractivity contribution in [2.75, 3.05) is 0 Å². The third-order valence-corrected chi connectivity index (χ3v) is 3.44. The highest BCUT2D eigenvalue weighted by molar-refractivity contribution is 9.10. The topological polar surface area (TPSA) is 44.2 Å². The number of hydrogen-bond donors (Lipinski definition) is 0. The molecule has 0 bridgehead atoms. The fourth-order valence-electron chi connectivity index (χ4n) is 2.15. The lowest BCUT2D eigenvalue weighted by Crippen LogP contribution is -2.24. The van der Waals surface area contributed by atoms with Gasteiger partial charge in [0, 0.05) is 18.2 Å². The van der Waals surface area contributed by atoms with Crippen molar-refractivity contribution in [3.8, 4) is 17.4 Å². The van der Waals surface area contributed by atoms with E-state index in [4.69, 9.17) is 9.47 Å². The number of benzene rings is 1. The Kier molecular flexibility index (Phi) is 2.93. The summed E-state index contributed by atoms with van der Waals surface area (Å²) in [6, 6.07) is 5.91. The molecule has 0 spiro atoms. The van der Waals surface area contributed by atoms with E-state index in [1.807, 2.05) is 12.1 Å². The lowest BCUT2D eigenvalue weighted by atomic mass is 10.0. The molecule has 0 saturated carbocycles. The van der Waals surface area contributed by atoms with Crippen molar-refractivity contribution >= 4 is 15.9 Å². The van der Waals surface area contributed by atoms with Gasteiger partial charge in [0.25, 0.3) is 0 Å². The highest BCUT2D eigenvalue weighted by Gasteiger charge is 2.32. The molecular weight excluding hydrogens is 308 g/mol. The maximum Gasteiger partial charge on any atom is 0.236 e. The number of fused-ring (bicyclic) bond motifs is 1. The molecule has 2 heterocycles. The highest BCUT2D eigenvalue weighted by Crippen LogP contribution is 2.43. The quantitative estimate of drug-likeness (QED) is 0.845. The van der Waals surface area contributed by atoms with Crippen LogP contribution in [0.4, 0.5) is 0 Å². The minimum Gasteiger partial charge on any atom is -0.483 e. The zero-order chi connectivity index (χ0) is 13.5. The summed E-state index contributed by atoms with van der Waals surface area (Å²) in [4.78, 5) is 8.01. The van der Waals surface area contributed by atoms with Crippen LogP contribution in [0.15, 0.2) is 35.2 Å². The third kappa shape index (κ3) is 2.42. The molecule has 5 heteroatoms. The second kappa shape index (κ2) is 4.49. The minimum atomic E-state index is -0.190. The van der Waals surface area contributed by atoms with Gasteiger partial charge in [-0.1, -0.05) is 12.1 Å². The van der Waals surface area contributed by atoms with E-state index in [9.17, 15) is 0 Å². The van der Waals surface area contributed by atoms with Crippen molar-refractivity contribution in [3.63, 3.8) is 0 Å². The number of para-hydroxylation sites is 1. The first-order valence-electron chi connectivity index (χ1n) is 5.99. The van der Waals surface area contributed by atoms with Crippen LogP contribution >= 0.6 is 15.9 Å². The van der Waals surface area contributed by atoms with E-state index in [1.165, 1.54) is 6.33 Å². The number of aromatic nitrogens is 2. The first kappa shape index (κ1) is 12.4. The summed E-state index contributed by atoms with van der Waals surface area (Å²) in [5.74, 6) is 1.97. The Morgan fingerprint density at radius 2 is 2.21 bits per heavy atom. The van der Waals surface area contributed by atoms with E-state index in [0.717, 1.165) is 17.7 Å². The Balaban J connectivity index is 1.96. The van der Waals surface area contributed by atoms with Gasteiger partial charge < -0.3 is 9.47 Å². The van der Waals surface area contributed by atoms with Crippen LogP contribution in [0, 0.1) is 0 Å². The Bertz CT molecular complexity index is 629. The monoisotopic (exact) mass is 320 g/mol. The van der Waals surface area contributed by atoms with Gasteiger partial charge in [-0.3, -0.25) is 0 Å². The molecule has 3 rings (SSSR count). The Hall–Kier alpha value is -1.62. The summed E-state index contributed by atoms with van der Waals surface area (Å²) in [5.41, 5.74) is 0.970. The summed E-state index contributed by atoms with van der Waals surface area (Å²) < 4.78 is 12.5. The highest BCUT2D eigenvalue weighted by atomic mass is 79.9. The second-order valence-electron chi connectivity index (χ2n) is 5.06. The van der Waals surface area contributed by atoms with Gasteiger partial charge in [-0.05, 0) is 35.8 Å². The molecule has 4 nitrogen and oxygen atoms in total.